The molecule has 0 aliphatic rings. The highest BCUT2D eigenvalue weighted by Crippen LogP contribution is 2.07. The fraction of sp³-hybridized carbons (Fsp3) is 0.231. The highest BCUT2D eigenvalue weighted by molar-refractivity contribution is 5.32. The van der Waals surface area contributed by atoms with E-state index in [-0.39, 0.29) is 5.70 Å². The van der Waals surface area contributed by atoms with E-state index in [9.17, 15) is 0 Å². The first-order valence-corrected chi connectivity index (χ1v) is 4.87. The van der Waals surface area contributed by atoms with Gasteiger partial charge in [-0.2, -0.15) is 0 Å². The molecular formula is C13H12N2O. The number of ether oxygens (including phenoxy) is 1. The molecule has 0 spiro atoms. The number of hydrogen-bond donors (Lipinski definition) is 0. The molecule has 0 aliphatic carbocycles. The van der Waals surface area contributed by atoms with Crippen molar-refractivity contribution in [2.45, 2.75) is 13.5 Å². The van der Waals surface area contributed by atoms with E-state index in [1.165, 1.54) is 0 Å². The summed E-state index contributed by atoms with van der Waals surface area (Å²) in [5, 5.41) is 8.64. The lowest BCUT2D eigenvalue weighted by Crippen LogP contribution is -1.98. The Kier molecular flexibility index (Phi) is 4.79. The molecule has 0 heterocycles. The zero-order valence-electron chi connectivity index (χ0n) is 9.10. The van der Waals surface area contributed by atoms with Crippen LogP contribution in [-0.4, -0.2) is 6.61 Å². The van der Waals surface area contributed by atoms with Gasteiger partial charge in [0.2, 0.25) is 0 Å². The van der Waals surface area contributed by atoms with E-state index in [0.29, 0.717) is 18.8 Å². The SMILES string of the molecule is [C-]#[N+]/C(C#N)=C(\C)COCc1ccccc1. The molecule has 0 bridgehead atoms. The van der Waals surface area contributed by atoms with Crippen molar-refractivity contribution in [1.82, 2.24) is 0 Å². The van der Waals surface area contributed by atoms with Crippen LogP contribution in [0.2, 0.25) is 0 Å². The van der Waals surface area contributed by atoms with Crippen molar-refractivity contribution in [2.75, 3.05) is 6.61 Å². The first-order valence-electron chi connectivity index (χ1n) is 4.87. The zero-order chi connectivity index (χ0) is 11.8. The van der Waals surface area contributed by atoms with Gasteiger partial charge in [0.25, 0.3) is 5.70 Å². The summed E-state index contributed by atoms with van der Waals surface area (Å²) >= 11 is 0. The molecule has 0 amide bonds. The van der Waals surface area contributed by atoms with Crippen LogP contribution in [0.1, 0.15) is 12.5 Å². The quantitative estimate of drug-likeness (QED) is 0.568. The summed E-state index contributed by atoms with van der Waals surface area (Å²) in [7, 11) is 0. The Bertz CT molecular complexity index is 433. The third-order valence-electron chi connectivity index (χ3n) is 2.05. The Hall–Kier alpha value is -2.10. The molecule has 0 atom stereocenters. The van der Waals surface area contributed by atoms with Crippen molar-refractivity contribution >= 4 is 0 Å². The van der Waals surface area contributed by atoms with Gasteiger partial charge in [-0.25, -0.2) is 10.1 Å². The Balaban J connectivity index is 2.46. The average Bonchev–Trinajstić information content (AvgIpc) is 2.32. The molecule has 0 radical (unpaired) electrons. The number of nitrogens with zero attached hydrogens (tertiary/aromatic N) is 2. The Morgan fingerprint density at radius 3 is 2.69 bits per heavy atom. The maximum absolute atomic E-state index is 8.64. The van der Waals surface area contributed by atoms with Crippen molar-refractivity contribution < 1.29 is 4.74 Å². The fourth-order valence-electron chi connectivity index (χ4n) is 1.18. The van der Waals surface area contributed by atoms with Gasteiger partial charge in [0.15, 0.2) is 0 Å². The standard InChI is InChI=1S/C13H12N2O/c1-11(13(8-14)15-2)9-16-10-12-6-4-3-5-7-12/h3-7H,9-10H2,1H3/b13-11+. The van der Waals surface area contributed by atoms with Crippen LogP contribution < -0.4 is 0 Å². The van der Waals surface area contributed by atoms with Crippen molar-refractivity contribution in [3.8, 4) is 6.07 Å². The maximum atomic E-state index is 8.64. The third-order valence-corrected chi connectivity index (χ3v) is 2.05. The first kappa shape index (κ1) is 12.0. The second-order valence-corrected chi connectivity index (χ2v) is 3.33. The largest absolute Gasteiger partial charge is 0.374 e. The van der Waals surface area contributed by atoms with Crippen LogP contribution >= 0.6 is 0 Å². The predicted molar refractivity (Wildman–Crippen MR) is 61.0 cm³/mol. The normalized spacial score (nSPS) is 11.2. The first-order chi connectivity index (χ1) is 7.77. The molecule has 1 rings (SSSR count). The maximum Gasteiger partial charge on any atom is 0.263 e. The predicted octanol–water partition coefficient (Wildman–Crippen LogP) is 2.92. The average molecular weight is 212 g/mol. The van der Waals surface area contributed by atoms with Gasteiger partial charge < -0.3 is 4.74 Å². The third kappa shape index (κ3) is 3.57. The van der Waals surface area contributed by atoms with Crippen LogP contribution in [0.15, 0.2) is 41.6 Å². The van der Waals surface area contributed by atoms with Gasteiger partial charge in [-0.1, -0.05) is 37.3 Å². The van der Waals surface area contributed by atoms with Gasteiger partial charge in [0.05, 0.1) is 25.9 Å². The van der Waals surface area contributed by atoms with Gasteiger partial charge in [0.1, 0.15) is 0 Å². The summed E-state index contributed by atoms with van der Waals surface area (Å²) in [4.78, 5) is 3.12. The molecule has 0 unspecified atom stereocenters. The number of hydrogen-bond acceptors (Lipinski definition) is 2. The topological polar surface area (TPSA) is 37.4 Å². The highest BCUT2D eigenvalue weighted by atomic mass is 16.5. The summed E-state index contributed by atoms with van der Waals surface area (Å²) in [5.41, 5.74) is 1.87. The number of benzene rings is 1. The van der Waals surface area contributed by atoms with Crippen LogP contribution in [0.5, 0.6) is 0 Å². The van der Waals surface area contributed by atoms with Crippen LogP contribution in [0.3, 0.4) is 0 Å². The van der Waals surface area contributed by atoms with E-state index in [4.69, 9.17) is 16.6 Å². The molecule has 80 valence electrons. The van der Waals surface area contributed by atoms with E-state index >= 15 is 0 Å². The fourth-order valence-corrected chi connectivity index (χ4v) is 1.18. The molecule has 1 aromatic carbocycles. The molecule has 0 N–H and O–H groups in total. The lowest BCUT2D eigenvalue weighted by molar-refractivity contribution is 0.142. The lowest BCUT2D eigenvalue weighted by atomic mass is 10.2. The zero-order valence-corrected chi connectivity index (χ0v) is 9.10. The van der Waals surface area contributed by atoms with Gasteiger partial charge in [-0.3, -0.25) is 0 Å². The van der Waals surface area contributed by atoms with Crippen LogP contribution in [0.4, 0.5) is 0 Å². The van der Waals surface area contributed by atoms with Crippen molar-refractivity contribution in [2.24, 2.45) is 0 Å². The van der Waals surface area contributed by atoms with Gasteiger partial charge in [-0.15, -0.1) is 0 Å². The minimum Gasteiger partial charge on any atom is -0.374 e. The minimum absolute atomic E-state index is 0.119. The summed E-state index contributed by atoms with van der Waals surface area (Å²) in [6, 6.07) is 11.6. The molecule has 3 heteroatoms. The number of nitriles is 1. The van der Waals surface area contributed by atoms with E-state index in [1.807, 2.05) is 36.4 Å². The van der Waals surface area contributed by atoms with Gasteiger partial charge in [0, 0.05) is 0 Å². The molecule has 0 saturated carbocycles. The van der Waals surface area contributed by atoms with Crippen molar-refractivity contribution in [3.63, 3.8) is 0 Å². The smallest absolute Gasteiger partial charge is 0.263 e. The van der Waals surface area contributed by atoms with E-state index in [1.54, 1.807) is 6.92 Å². The van der Waals surface area contributed by atoms with Crippen molar-refractivity contribution in [3.05, 3.63) is 58.6 Å². The Morgan fingerprint density at radius 1 is 1.44 bits per heavy atom. The van der Waals surface area contributed by atoms with Gasteiger partial charge in [-0.05, 0) is 11.1 Å². The van der Waals surface area contributed by atoms with Crippen LogP contribution in [0.25, 0.3) is 4.85 Å². The molecule has 0 fully saturated rings. The monoisotopic (exact) mass is 212 g/mol. The summed E-state index contributed by atoms with van der Waals surface area (Å²) in [6.07, 6.45) is 0. The van der Waals surface area contributed by atoms with E-state index < -0.39 is 0 Å². The molecular weight excluding hydrogens is 200 g/mol. The molecule has 0 aliphatic heterocycles. The second-order valence-electron chi connectivity index (χ2n) is 3.33. The summed E-state index contributed by atoms with van der Waals surface area (Å²) in [5.74, 6) is 0. The summed E-state index contributed by atoms with van der Waals surface area (Å²) in [6.45, 7) is 9.33. The van der Waals surface area contributed by atoms with Crippen LogP contribution in [-0.2, 0) is 11.3 Å². The molecule has 3 nitrogen and oxygen atoms in total. The number of allylic oxidation sites excluding steroid dienone is 1. The molecule has 16 heavy (non-hydrogen) atoms. The molecule has 0 saturated heterocycles. The number of rotatable bonds is 4. The van der Waals surface area contributed by atoms with E-state index in [0.717, 1.165) is 5.56 Å². The highest BCUT2D eigenvalue weighted by Gasteiger charge is 2.01. The van der Waals surface area contributed by atoms with E-state index in [2.05, 4.69) is 4.85 Å². The molecule has 1 aromatic rings. The van der Waals surface area contributed by atoms with Crippen LogP contribution in [0, 0.1) is 17.9 Å². The summed E-state index contributed by atoms with van der Waals surface area (Å²) < 4.78 is 5.41. The van der Waals surface area contributed by atoms with Gasteiger partial charge >= 0.3 is 0 Å². The minimum atomic E-state index is 0.119. The van der Waals surface area contributed by atoms with Crippen molar-refractivity contribution in [1.29, 1.82) is 5.26 Å². The second kappa shape index (κ2) is 6.40. The Morgan fingerprint density at radius 2 is 2.12 bits per heavy atom. The Labute approximate surface area is 95.4 Å². The molecule has 0 aromatic heterocycles. The lowest BCUT2D eigenvalue weighted by Gasteiger charge is -2.04.